The molecule has 0 bridgehead atoms. The SMILES string of the molecule is CCN([C@@H]1CCS(=O)(=O)C1)S(=O)(=O)c1cccc2cc(C)cnc12. The zero-order valence-electron chi connectivity index (χ0n) is 13.6. The van der Waals surface area contributed by atoms with E-state index in [0.717, 1.165) is 10.9 Å². The standard InChI is InChI=1S/C16H20N2O4S2/c1-3-18(14-7-8-23(19,20)11-14)24(21,22)15-6-4-5-13-9-12(2)10-17-16(13)15/h4-6,9-10,14H,3,7-8,11H2,1-2H3/t14-/m1/s1. The molecule has 130 valence electrons. The van der Waals surface area contributed by atoms with E-state index in [1.165, 1.54) is 10.4 Å². The lowest BCUT2D eigenvalue weighted by molar-refractivity contribution is 0.355. The van der Waals surface area contributed by atoms with Crippen LogP contribution >= 0.6 is 0 Å². The largest absolute Gasteiger partial charge is 0.255 e. The van der Waals surface area contributed by atoms with E-state index in [1.807, 2.05) is 19.1 Å². The summed E-state index contributed by atoms with van der Waals surface area (Å²) < 4.78 is 51.1. The molecule has 0 radical (unpaired) electrons. The second-order valence-corrected chi connectivity index (χ2v) is 10.2. The van der Waals surface area contributed by atoms with Crippen LogP contribution in [0.5, 0.6) is 0 Å². The fourth-order valence-corrected chi connectivity index (χ4v) is 6.86. The fraction of sp³-hybridized carbons (Fsp3) is 0.438. The van der Waals surface area contributed by atoms with Crippen molar-refractivity contribution in [3.05, 3.63) is 36.0 Å². The van der Waals surface area contributed by atoms with Crippen molar-refractivity contribution in [3.63, 3.8) is 0 Å². The molecule has 2 aromatic rings. The highest BCUT2D eigenvalue weighted by Crippen LogP contribution is 2.28. The zero-order valence-corrected chi connectivity index (χ0v) is 15.3. The van der Waals surface area contributed by atoms with E-state index in [0.29, 0.717) is 11.9 Å². The van der Waals surface area contributed by atoms with E-state index >= 15 is 0 Å². The molecular formula is C16H20N2O4S2. The quantitative estimate of drug-likeness (QED) is 0.821. The average molecular weight is 368 g/mol. The Morgan fingerprint density at radius 1 is 1.33 bits per heavy atom. The molecular weight excluding hydrogens is 348 g/mol. The number of fused-ring (bicyclic) bond motifs is 1. The topological polar surface area (TPSA) is 84.4 Å². The highest BCUT2D eigenvalue weighted by molar-refractivity contribution is 7.92. The Hall–Kier alpha value is -1.51. The van der Waals surface area contributed by atoms with Crippen molar-refractivity contribution in [1.82, 2.24) is 9.29 Å². The summed E-state index contributed by atoms with van der Waals surface area (Å²) in [5, 5.41) is 0.756. The predicted octanol–water partition coefficient (Wildman–Crippen LogP) is 1.74. The lowest BCUT2D eigenvalue weighted by Gasteiger charge is -2.26. The summed E-state index contributed by atoms with van der Waals surface area (Å²) in [7, 11) is -6.98. The fourth-order valence-electron chi connectivity index (χ4n) is 3.20. The Bertz CT molecular complexity index is 984. The summed E-state index contributed by atoms with van der Waals surface area (Å²) >= 11 is 0. The summed E-state index contributed by atoms with van der Waals surface area (Å²) in [6, 6.07) is 6.43. The third kappa shape index (κ3) is 3.05. The van der Waals surface area contributed by atoms with Crippen LogP contribution in [0.3, 0.4) is 0 Å². The molecule has 1 aliphatic rings. The van der Waals surface area contributed by atoms with Crippen molar-refractivity contribution < 1.29 is 16.8 Å². The van der Waals surface area contributed by atoms with Crippen LogP contribution in [-0.4, -0.2) is 50.2 Å². The molecule has 0 unspecified atom stereocenters. The minimum absolute atomic E-state index is 0.0384. The molecule has 24 heavy (non-hydrogen) atoms. The van der Waals surface area contributed by atoms with Gasteiger partial charge < -0.3 is 0 Å². The van der Waals surface area contributed by atoms with Crippen molar-refractivity contribution >= 4 is 30.8 Å². The molecule has 1 aliphatic heterocycles. The van der Waals surface area contributed by atoms with E-state index in [4.69, 9.17) is 0 Å². The van der Waals surface area contributed by atoms with Gasteiger partial charge in [0.25, 0.3) is 0 Å². The molecule has 0 N–H and O–H groups in total. The number of aryl methyl sites for hydroxylation is 1. The van der Waals surface area contributed by atoms with Gasteiger partial charge in [-0.15, -0.1) is 0 Å². The molecule has 3 rings (SSSR count). The van der Waals surface area contributed by atoms with Gasteiger partial charge in [-0.2, -0.15) is 4.31 Å². The molecule has 8 heteroatoms. The number of benzene rings is 1. The van der Waals surface area contributed by atoms with Crippen LogP contribution in [0, 0.1) is 6.92 Å². The highest BCUT2D eigenvalue weighted by atomic mass is 32.2. The summed E-state index contributed by atoms with van der Waals surface area (Å²) in [4.78, 5) is 4.43. The molecule has 1 aromatic heterocycles. The van der Waals surface area contributed by atoms with Gasteiger partial charge in [0.2, 0.25) is 10.0 Å². The number of hydrogen-bond donors (Lipinski definition) is 0. The molecule has 6 nitrogen and oxygen atoms in total. The van der Waals surface area contributed by atoms with Crippen molar-refractivity contribution in [2.75, 3.05) is 18.1 Å². The van der Waals surface area contributed by atoms with Crippen molar-refractivity contribution in [2.24, 2.45) is 0 Å². The molecule has 0 spiro atoms. The van der Waals surface area contributed by atoms with Crippen LogP contribution in [0.15, 0.2) is 35.4 Å². The Morgan fingerprint density at radius 3 is 2.71 bits per heavy atom. The van der Waals surface area contributed by atoms with Crippen molar-refractivity contribution in [2.45, 2.75) is 31.2 Å². The van der Waals surface area contributed by atoms with Crippen LogP contribution < -0.4 is 0 Å². The molecule has 2 heterocycles. The molecule has 0 aliphatic carbocycles. The summed E-state index contributed by atoms with van der Waals surface area (Å²) in [5.74, 6) is -0.0754. The van der Waals surface area contributed by atoms with Gasteiger partial charge in [0.1, 0.15) is 4.90 Å². The summed E-state index contributed by atoms with van der Waals surface area (Å²) in [6.45, 7) is 3.85. The van der Waals surface area contributed by atoms with E-state index < -0.39 is 25.9 Å². The number of rotatable bonds is 4. The van der Waals surface area contributed by atoms with Crippen LogP contribution in [0.1, 0.15) is 18.9 Å². The van der Waals surface area contributed by atoms with Gasteiger partial charge in [-0.3, -0.25) is 4.98 Å². The van der Waals surface area contributed by atoms with Crippen LogP contribution in [0.4, 0.5) is 0 Å². The van der Waals surface area contributed by atoms with Gasteiger partial charge in [0.05, 0.1) is 17.0 Å². The smallest absolute Gasteiger partial charge is 0.245 e. The van der Waals surface area contributed by atoms with Gasteiger partial charge in [-0.1, -0.05) is 19.1 Å². The third-order valence-electron chi connectivity index (χ3n) is 4.32. The first-order valence-corrected chi connectivity index (χ1v) is 11.1. The molecule has 1 aromatic carbocycles. The predicted molar refractivity (Wildman–Crippen MR) is 93.1 cm³/mol. The third-order valence-corrected chi connectivity index (χ3v) is 8.13. The lowest BCUT2D eigenvalue weighted by atomic mass is 10.2. The van der Waals surface area contributed by atoms with Gasteiger partial charge in [-0.25, -0.2) is 16.8 Å². The van der Waals surface area contributed by atoms with E-state index in [9.17, 15) is 16.8 Å². The molecule has 0 saturated carbocycles. The molecule has 1 fully saturated rings. The number of aromatic nitrogens is 1. The number of sulfonamides is 1. The van der Waals surface area contributed by atoms with Crippen molar-refractivity contribution in [1.29, 1.82) is 0 Å². The Kier molecular flexibility index (Phi) is 4.39. The molecule has 1 atom stereocenters. The van der Waals surface area contributed by atoms with E-state index in [2.05, 4.69) is 4.98 Å². The number of pyridine rings is 1. The van der Waals surface area contributed by atoms with E-state index in [1.54, 1.807) is 19.2 Å². The maximum absolute atomic E-state index is 13.2. The Balaban J connectivity index is 2.10. The number of hydrogen-bond acceptors (Lipinski definition) is 5. The maximum Gasteiger partial charge on any atom is 0.245 e. The van der Waals surface area contributed by atoms with Gasteiger partial charge in [0.15, 0.2) is 9.84 Å². The van der Waals surface area contributed by atoms with Gasteiger partial charge >= 0.3 is 0 Å². The second kappa shape index (κ2) is 6.09. The molecule has 1 saturated heterocycles. The summed E-state index contributed by atoms with van der Waals surface area (Å²) in [6.07, 6.45) is 1.98. The first-order chi connectivity index (χ1) is 11.2. The number of sulfone groups is 1. The first-order valence-electron chi connectivity index (χ1n) is 7.82. The monoisotopic (exact) mass is 368 g/mol. The zero-order chi connectivity index (χ0) is 17.5. The van der Waals surface area contributed by atoms with Crippen molar-refractivity contribution in [3.8, 4) is 0 Å². The number of nitrogens with zero attached hydrogens (tertiary/aromatic N) is 2. The summed E-state index contributed by atoms with van der Waals surface area (Å²) in [5.41, 5.74) is 1.37. The van der Waals surface area contributed by atoms with Gasteiger partial charge in [-0.05, 0) is 31.0 Å². The molecule has 0 amide bonds. The normalized spacial score (nSPS) is 20.7. The van der Waals surface area contributed by atoms with Crippen LogP contribution in [-0.2, 0) is 19.9 Å². The minimum Gasteiger partial charge on any atom is -0.255 e. The van der Waals surface area contributed by atoms with E-state index in [-0.39, 0.29) is 22.9 Å². The first kappa shape index (κ1) is 17.3. The minimum atomic E-state index is -3.82. The van der Waals surface area contributed by atoms with Crippen LogP contribution in [0.25, 0.3) is 10.9 Å². The second-order valence-electron chi connectivity index (χ2n) is 6.11. The Morgan fingerprint density at radius 2 is 2.08 bits per heavy atom. The Labute approximate surface area is 142 Å². The van der Waals surface area contributed by atoms with Gasteiger partial charge in [0, 0.05) is 24.2 Å². The van der Waals surface area contributed by atoms with Crippen LogP contribution in [0.2, 0.25) is 0 Å². The lowest BCUT2D eigenvalue weighted by Crippen LogP contribution is -2.41. The maximum atomic E-state index is 13.2. The number of para-hydroxylation sites is 1. The average Bonchev–Trinajstić information content (AvgIpc) is 2.86. The highest BCUT2D eigenvalue weighted by Gasteiger charge is 2.38.